The van der Waals surface area contributed by atoms with Gasteiger partial charge in [0.2, 0.25) is 0 Å². The third kappa shape index (κ3) is 32.9. The second-order valence-electron chi connectivity index (χ2n) is 31.6. The highest BCUT2D eigenvalue weighted by Gasteiger charge is 2.56. The molecular weight excluding hydrogens is 1600 g/mol. The van der Waals surface area contributed by atoms with Gasteiger partial charge in [-0.2, -0.15) is 0 Å². The number of allylic oxidation sites excluding steroid dienone is 1. The molecule has 6 fully saturated rings. The Hall–Kier alpha value is -10.9. The Morgan fingerprint density at radius 3 is 0.653 bits per heavy atom. The van der Waals surface area contributed by atoms with Gasteiger partial charge in [0.05, 0.1) is 0 Å². The van der Waals surface area contributed by atoms with Crippen LogP contribution in [0.4, 0.5) is 0 Å². The van der Waals surface area contributed by atoms with Crippen LogP contribution in [0.1, 0.15) is 180 Å². The maximum atomic E-state index is 10.8. The van der Waals surface area contributed by atoms with Crippen LogP contribution >= 0.6 is 0 Å². The zero-order valence-electron chi connectivity index (χ0n) is 69.2. The van der Waals surface area contributed by atoms with E-state index in [9.17, 15) is 131 Å². The Kier molecular flexibility index (Phi) is 44.2. The van der Waals surface area contributed by atoms with E-state index >= 15 is 0 Å². The van der Waals surface area contributed by atoms with E-state index in [4.69, 9.17) is 4.84 Å². The van der Waals surface area contributed by atoms with E-state index in [0.717, 1.165) is 30.6 Å². The van der Waals surface area contributed by atoms with Gasteiger partial charge in [-0.15, -0.1) is 131 Å². The number of rotatable bonds is 26. The Balaban J connectivity index is 0.00000137. The van der Waals surface area contributed by atoms with Crippen molar-refractivity contribution in [2.45, 2.75) is 259 Å². The van der Waals surface area contributed by atoms with Gasteiger partial charge < -0.3 is 62.9 Å². The molecule has 28 unspecified atom stereocenters. The minimum atomic E-state index is -2.01. The average Bonchev–Trinajstić information content (AvgIpc) is 1.12. The summed E-state index contributed by atoms with van der Waals surface area (Å²) in [4.78, 5) is 194. The highest BCUT2D eigenvalue weighted by atomic mass is 17.0. The highest BCUT2D eigenvalue weighted by molar-refractivity contribution is 5.05. The fraction of sp³-hybridized carbons (Fsp3) is 0.939. The molecule has 0 amide bonds. The first-order valence-corrected chi connectivity index (χ1v) is 37.8. The maximum Gasteiger partial charge on any atom is 0.295 e. The standard InChI is InChI=1S/C10H16N4O12.C9H17NO3.C9H15NO3.C9H17NO3.C8H12N4O12.C7H11NO3.C7H13NO3.C6H12.CH4/c1-4-5(2)8(24-12(17)18)10(26-14(21)22)6(3)9(25-13(19)20)7(4)23-11(15)16;2*1-6-4-5-9(13-10(11)12)8(3)7(6)2;1-5-6(2)8(4)9(7(5)3)13-10(11)12;1-3-4(2)6(22-10(15)16)8(24-12(19)20)7(23-11(17)18)5(3)21-9(13)14;1-5-3-4-6(2)7(5)11-8(9)10;1-4-5(2)7(6(4)3)11-8(9)10;1-4-5(2)6(4)3;/h4-10H,1-3H3;6-9H,4-5H2,1-3H3;4-9H,1-3H3;5-9H,1-4H3;3-8H,1-2H3;3-7H,1-2H3;4-7H,1-3H3;4-6H,1-3H3;1H4. The second kappa shape index (κ2) is 48.7. The summed E-state index contributed by atoms with van der Waals surface area (Å²) >= 11 is 0. The predicted octanol–water partition coefficient (Wildman–Crippen LogP) is 11.7. The largest absolute Gasteiger partial charge is 0.310 e. The molecule has 0 heterocycles. The lowest BCUT2D eigenvalue weighted by molar-refractivity contribution is -0.833. The molecule has 52 heteroatoms. The Labute approximate surface area is 677 Å². The number of hydrogen-bond acceptors (Lipinski definition) is 39. The predicted molar refractivity (Wildman–Crippen MR) is 399 cm³/mol. The van der Waals surface area contributed by atoms with Crippen molar-refractivity contribution < 1.29 is 129 Å². The SMILES string of the molecule is C.CC1C(C)C(C)C(O[N+](=O)[O-])C1C.CC1C(C)C(O[N+](=O)[O-])C(O[N+](=O)[O-])C(C)C(O[N+](=O)[O-])C1O[N+](=O)[O-].CC1C(C)C(O[N+](=O)[O-])C(O[N+](=O)[O-])C(O[N+](=O)[O-])C1O[N+](=O)[O-].CC1C(C)C(O[N+](=O)[O-])C1C.CC1C(C)C1C.CC1C=CC(C)C1O[N+](=O)[O-].CC1C=CC(O[N+](=O)[O-])C(C)C1C.CC1CCC(O[N+](=O)[O-])C(C)C1C. The molecule has 0 saturated heterocycles. The highest BCUT2D eigenvalue weighted by Crippen LogP contribution is 2.46. The van der Waals surface area contributed by atoms with Crippen molar-refractivity contribution in [3.63, 3.8) is 0 Å². The van der Waals surface area contributed by atoms with Gasteiger partial charge in [0.25, 0.3) is 66.1 Å². The lowest BCUT2D eigenvalue weighted by Crippen LogP contribution is -2.62. The van der Waals surface area contributed by atoms with Crippen LogP contribution in [0.25, 0.3) is 0 Å². The molecular formula is C66H117N13O39. The van der Waals surface area contributed by atoms with Gasteiger partial charge >= 0.3 is 0 Å². The molecule has 8 rings (SSSR count). The van der Waals surface area contributed by atoms with Crippen molar-refractivity contribution in [1.29, 1.82) is 0 Å². The third-order valence-corrected chi connectivity index (χ3v) is 25.4. The van der Waals surface area contributed by atoms with Crippen molar-refractivity contribution in [2.75, 3.05) is 0 Å². The van der Waals surface area contributed by atoms with Crippen molar-refractivity contribution in [2.24, 2.45) is 136 Å². The molecule has 0 radical (unpaired) electrons. The normalized spacial score (nSPS) is 37.8. The van der Waals surface area contributed by atoms with E-state index in [-0.39, 0.29) is 73.5 Å². The summed E-state index contributed by atoms with van der Waals surface area (Å²) in [6.07, 6.45) is -5.56. The van der Waals surface area contributed by atoms with E-state index in [1.165, 1.54) is 34.6 Å². The van der Waals surface area contributed by atoms with Crippen molar-refractivity contribution in [3.05, 3.63) is 156 Å². The summed E-state index contributed by atoms with van der Waals surface area (Å²) in [6.45, 7) is 44.3. The molecule has 52 nitrogen and oxygen atoms in total. The van der Waals surface area contributed by atoms with E-state index in [1.54, 1.807) is 6.08 Å². The summed E-state index contributed by atoms with van der Waals surface area (Å²) in [5, 5.41) is 122. The molecule has 0 aliphatic heterocycles. The third-order valence-electron chi connectivity index (χ3n) is 25.4. The topological polar surface area (TPSA) is 681 Å². The molecule has 28 atom stereocenters. The van der Waals surface area contributed by atoms with Crippen LogP contribution in [0, 0.1) is 268 Å². The van der Waals surface area contributed by atoms with E-state index in [0.29, 0.717) is 53.3 Å². The molecule has 0 aromatic rings. The summed E-state index contributed by atoms with van der Waals surface area (Å²) < 4.78 is 0. The fourth-order valence-corrected chi connectivity index (χ4v) is 15.5. The molecule has 0 aromatic heterocycles. The molecule has 8 aliphatic carbocycles. The van der Waals surface area contributed by atoms with Crippen LogP contribution in [-0.2, 0) is 62.9 Å². The summed E-state index contributed by atoms with van der Waals surface area (Å²) in [5.41, 5.74) is 0. The van der Waals surface area contributed by atoms with Crippen molar-refractivity contribution in [1.82, 2.24) is 0 Å². The average molecular weight is 1720 g/mol. The van der Waals surface area contributed by atoms with E-state index in [1.807, 2.05) is 73.6 Å². The lowest BCUT2D eigenvalue weighted by Gasteiger charge is -2.45. The van der Waals surface area contributed by atoms with E-state index < -0.39 is 145 Å². The van der Waals surface area contributed by atoms with E-state index in [2.05, 4.69) is 127 Å². The van der Waals surface area contributed by atoms with Crippen LogP contribution < -0.4 is 0 Å². The van der Waals surface area contributed by atoms with Crippen LogP contribution in [0.5, 0.6) is 0 Å². The van der Waals surface area contributed by atoms with Crippen LogP contribution in [0.15, 0.2) is 24.3 Å². The molecule has 0 spiro atoms. The van der Waals surface area contributed by atoms with Gasteiger partial charge in [-0.05, 0) is 131 Å². The molecule has 0 aromatic carbocycles. The summed E-state index contributed by atoms with van der Waals surface area (Å²) in [6, 6.07) is 0. The quantitative estimate of drug-likeness (QED) is 0.0336. The van der Waals surface area contributed by atoms with Gasteiger partial charge in [0.15, 0.2) is 12.2 Å². The number of hydrogen-bond donors (Lipinski definition) is 0. The molecule has 0 N–H and O–H groups in total. The van der Waals surface area contributed by atoms with Crippen LogP contribution in [0.3, 0.4) is 0 Å². The number of nitrogens with zero attached hydrogens (tertiary/aromatic N) is 13. The molecule has 118 heavy (non-hydrogen) atoms. The first-order chi connectivity index (χ1) is 53.9. The Morgan fingerprint density at radius 2 is 0.390 bits per heavy atom. The maximum absolute atomic E-state index is 10.8. The van der Waals surface area contributed by atoms with Gasteiger partial charge in [0, 0.05) is 17.8 Å². The molecule has 6 saturated carbocycles. The lowest BCUT2D eigenvalue weighted by atomic mass is 9.65. The first-order valence-electron chi connectivity index (χ1n) is 37.8. The summed E-state index contributed by atoms with van der Waals surface area (Å²) in [7, 11) is 0. The molecule has 8 aliphatic rings. The van der Waals surface area contributed by atoms with Gasteiger partial charge in [-0.1, -0.05) is 191 Å². The minimum absolute atomic E-state index is 0. The summed E-state index contributed by atoms with van der Waals surface area (Å²) in [5.74, 6) is 3.52. The monoisotopic (exact) mass is 1720 g/mol. The fourth-order valence-electron chi connectivity index (χ4n) is 15.5. The second-order valence-corrected chi connectivity index (χ2v) is 31.6. The van der Waals surface area contributed by atoms with Crippen LogP contribution in [0.2, 0.25) is 0 Å². The zero-order valence-corrected chi connectivity index (χ0v) is 69.2. The zero-order chi connectivity index (χ0) is 90.7. The Bertz CT molecular complexity index is 3200. The van der Waals surface area contributed by atoms with Crippen LogP contribution in [-0.4, -0.2) is 145 Å². The van der Waals surface area contributed by atoms with Crippen molar-refractivity contribution in [3.8, 4) is 0 Å². The molecule has 0 bridgehead atoms. The Morgan fingerprint density at radius 1 is 0.186 bits per heavy atom. The van der Waals surface area contributed by atoms with Gasteiger partial charge in [-0.3, -0.25) is 0 Å². The van der Waals surface area contributed by atoms with Gasteiger partial charge in [-0.25, -0.2) is 0 Å². The smallest absolute Gasteiger partial charge is 0.295 e. The minimum Gasteiger partial charge on any atom is -0.310 e. The first kappa shape index (κ1) is 107. The van der Waals surface area contributed by atoms with Crippen molar-refractivity contribution >= 4 is 0 Å². The van der Waals surface area contributed by atoms with Gasteiger partial charge in [0.1, 0.15) is 67.1 Å². The molecule has 680 valence electrons.